The van der Waals surface area contributed by atoms with Gasteiger partial charge in [-0.15, -0.1) is 0 Å². The first-order chi connectivity index (χ1) is 3.81. The van der Waals surface area contributed by atoms with E-state index >= 15 is 0 Å². The third-order valence-electron chi connectivity index (χ3n) is 0.341. The monoisotopic (exact) mass is 131 g/mol. The van der Waals surface area contributed by atoms with Crippen molar-refractivity contribution in [2.75, 3.05) is 0 Å². The summed E-state index contributed by atoms with van der Waals surface area (Å²) in [6.07, 6.45) is 0.385. The molecule has 3 nitrogen and oxygen atoms in total. The van der Waals surface area contributed by atoms with Gasteiger partial charge in [-0.1, -0.05) is 25.1 Å². The van der Waals surface area contributed by atoms with Crippen LogP contribution in [0.25, 0.3) is 0 Å². The van der Waals surface area contributed by atoms with Gasteiger partial charge in [-0.2, -0.15) is 0 Å². The molecule has 0 aliphatic carbocycles. The number of thiol groups is 1. The minimum absolute atomic E-state index is 0.649. The van der Waals surface area contributed by atoms with Crippen molar-refractivity contribution in [3.05, 3.63) is 18.6 Å². The topological polar surface area (TPSA) is 38.3 Å². The number of hydrogen-bond acceptors (Lipinski definition) is 3. The number of carbonyl (C=O) groups excluding carboxylic acids is 1. The molecule has 0 fully saturated rings. The molecule has 0 rings (SSSR count). The fourth-order valence-electron chi connectivity index (χ4n) is 0.122. The van der Waals surface area contributed by atoms with Crippen LogP contribution in [0.2, 0.25) is 0 Å². The number of rotatable bonds is 1. The van der Waals surface area contributed by atoms with E-state index in [0.29, 0.717) is 0 Å². The van der Waals surface area contributed by atoms with Crippen LogP contribution in [0.15, 0.2) is 18.6 Å². The molecule has 0 saturated carbocycles. The first-order valence-corrected chi connectivity index (χ1v) is 2.21. The number of ether oxygens (including phenoxy) is 1. The molecule has 0 saturated heterocycles. The Morgan fingerprint density at radius 3 is 3.00 bits per heavy atom. The van der Waals surface area contributed by atoms with Crippen molar-refractivity contribution in [3.8, 4) is 0 Å². The van der Waals surface area contributed by atoms with E-state index in [2.05, 4.69) is 29.9 Å². The predicted octanol–water partition coefficient (Wildman–Crippen LogP) is 0.856. The molecule has 1 amide bonds. The van der Waals surface area contributed by atoms with E-state index in [1.165, 1.54) is 0 Å². The zero-order valence-corrected chi connectivity index (χ0v) is 4.94. The fraction of sp³-hybridized carbons (Fsp3) is 0. The van der Waals surface area contributed by atoms with E-state index in [1.54, 1.807) is 0 Å². The second kappa shape index (κ2) is 4.30. The highest BCUT2D eigenvalue weighted by Gasteiger charge is 1.89. The number of nitrogens with one attached hydrogen (secondary N) is 1. The number of hydrogen-bond donors (Lipinski definition) is 2. The third kappa shape index (κ3) is 3.33. The van der Waals surface area contributed by atoms with E-state index in [-0.39, 0.29) is 0 Å². The molecule has 0 aromatic heterocycles. The molecule has 0 radical (unpaired) electrons. The zero-order valence-electron chi connectivity index (χ0n) is 4.05. The van der Waals surface area contributed by atoms with Gasteiger partial charge < -0.3 is 4.74 Å². The summed E-state index contributed by atoms with van der Waals surface area (Å²) >= 11 is 3.40. The average Bonchev–Trinajstić information content (AvgIpc) is 1.83. The summed E-state index contributed by atoms with van der Waals surface area (Å²) in [6, 6.07) is 0. The van der Waals surface area contributed by atoms with Gasteiger partial charge in [0.05, 0.1) is 0 Å². The summed E-state index contributed by atoms with van der Waals surface area (Å²) in [5.74, 6) is 0. The molecule has 0 aromatic rings. The second-order valence-electron chi connectivity index (χ2n) is 0.839. The van der Waals surface area contributed by atoms with Gasteiger partial charge in [0.25, 0.3) is 0 Å². The summed E-state index contributed by atoms with van der Waals surface area (Å²) in [7, 11) is 0. The molecule has 0 bridgehead atoms. The maximum atomic E-state index is 10.1. The molecule has 4 heteroatoms. The standard InChI is InChI=1S/C4H5NO2S/c1-2-3-7-4(6)5-8/h3,8H,1H2,(H,5,6). The van der Waals surface area contributed by atoms with Crippen molar-refractivity contribution in [2.24, 2.45) is 0 Å². The summed E-state index contributed by atoms with van der Waals surface area (Å²) in [5, 5.41) is 0. The average molecular weight is 131 g/mol. The summed E-state index contributed by atoms with van der Waals surface area (Å²) in [4.78, 5) is 10.1. The molecular weight excluding hydrogens is 126 g/mol. The van der Waals surface area contributed by atoms with Crippen molar-refractivity contribution < 1.29 is 9.53 Å². The lowest BCUT2D eigenvalue weighted by atomic mass is 10.9. The highest BCUT2D eigenvalue weighted by atomic mass is 32.1. The van der Waals surface area contributed by atoms with Crippen LogP contribution in [0.1, 0.15) is 0 Å². The summed E-state index contributed by atoms with van der Waals surface area (Å²) in [6.45, 7) is 3.16. The first-order valence-electron chi connectivity index (χ1n) is 1.76. The maximum Gasteiger partial charge on any atom is 0.422 e. The molecular formula is C4H5NO2S. The Morgan fingerprint density at radius 2 is 2.62 bits per heavy atom. The Balaban J connectivity index is 3.39. The molecule has 0 unspecified atom stereocenters. The van der Waals surface area contributed by atoms with Crippen LogP contribution in [0, 0.1) is 0 Å². The van der Waals surface area contributed by atoms with Crippen LogP contribution in [-0.2, 0) is 4.74 Å². The van der Waals surface area contributed by atoms with E-state index in [9.17, 15) is 4.79 Å². The van der Waals surface area contributed by atoms with Crippen molar-refractivity contribution in [1.29, 1.82) is 0 Å². The quantitative estimate of drug-likeness (QED) is 0.314. The Bertz CT molecular complexity index is 128. The van der Waals surface area contributed by atoms with Crippen LogP contribution in [0.3, 0.4) is 0 Å². The zero-order chi connectivity index (χ0) is 6.41. The second-order valence-corrected chi connectivity index (χ2v) is 1.06. The van der Waals surface area contributed by atoms with Crippen LogP contribution in [0.5, 0.6) is 0 Å². The maximum absolute atomic E-state index is 10.1. The largest absolute Gasteiger partial charge is 0.422 e. The minimum atomic E-state index is -0.649. The molecule has 0 aliphatic rings. The molecule has 0 spiro atoms. The lowest BCUT2D eigenvalue weighted by molar-refractivity contribution is 0.193. The van der Waals surface area contributed by atoms with E-state index in [4.69, 9.17) is 0 Å². The van der Waals surface area contributed by atoms with Gasteiger partial charge in [-0.3, -0.25) is 4.72 Å². The van der Waals surface area contributed by atoms with E-state index in [0.717, 1.165) is 6.26 Å². The van der Waals surface area contributed by atoms with Gasteiger partial charge >= 0.3 is 6.09 Å². The van der Waals surface area contributed by atoms with Crippen molar-refractivity contribution >= 4 is 18.9 Å². The first kappa shape index (κ1) is 7.14. The Morgan fingerprint density at radius 1 is 2.00 bits per heavy atom. The van der Waals surface area contributed by atoms with Gasteiger partial charge in [-0.25, -0.2) is 4.79 Å². The lowest BCUT2D eigenvalue weighted by Crippen LogP contribution is -2.10. The van der Waals surface area contributed by atoms with Crippen molar-refractivity contribution in [2.45, 2.75) is 0 Å². The molecule has 44 valence electrons. The molecule has 8 heavy (non-hydrogen) atoms. The molecule has 1 N–H and O–H groups in total. The van der Waals surface area contributed by atoms with Crippen LogP contribution in [-0.4, -0.2) is 6.09 Å². The number of carbonyl (C=O) groups is 1. The molecule has 0 aromatic carbocycles. The highest BCUT2D eigenvalue weighted by Crippen LogP contribution is 1.76. The molecule has 0 heterocycles. The van der Waals surface area contributed by atoms with Crippen molar-refractivity contribution in [3.63, 3.8) is 0 Å². The minimum Gasteiger partial charge on any atom is -0.409 e. The smallest absolute Gasteiger partial charge is 0.409 e. The van der Waals surface area contributed by atoms with E-state index in [1.807, 2.05) is 4.72 Å². The van der Waals surface area contributed by atoms with Gasteiger partial charge in [-0.05, 0) is 0 Å². The van der Waals surface area contributed by atoms with Gasteiger partial charge in [0.2, 0.25) is 0 Å². The van der Waals surface area contributed by atoms with Crippen LogP contribution in [0.4, 0.5) is 4.79 Å². The van der Waals surface area contributed by atoms with Gasteiger partial charge in [0.15, 0.2) is 0 Å². The van der Waals surface area contributed by atoms with Gasteiger partial charge in [0.1, 0.15) is 6.26 Å². The normalized spacial score (nSPS) is 6.62. The SMILES string of the molecule is C=C=COC(=O)NS. The predicted molar refractivity (Wildman–Crippen MR) is 32.3 cm³/mol. The van der Waals surface area contributed by atoms with Crippen LogP contribution >= 0.6 is 12.8 Å². The van der Waals surface area contributed by atoms with Gasteiger partial charge in [0, 0.05) is 0 Å². The summed E-state index contributed by atoms with van der Waals surface area (Å²) < 4.78 is 6.15. The lowest BCUT2D eigenvalue weighted by Gasteiger charge is -1.90. The van der Waals surface area contributed by atoms with E-state index < -0.39 is 6.09 Å². The molecule has 0 aliphatic heterocycles. The van der Waals surface area contributed by atoms with Crippen molar-refractivity contribution in [1.82, 2.24) is 4.72 Å². The number of amides is 1. The Labute approximate surface area is 52.6 Å². The van der Waals surface area contributed by atoms with Crippen LogP contribution < -0.4 is 4.72 Å². The Hall–Kier alpha value is -0.860. The fourth-order valence-corrected chi connectivity index (χ4v) is 0.174. The Kier molecular flexibility index (Phi) is 3.84. The highest BCUT2D eigenvalue weighted by molar-refractivity contribution is 7.78. The summed E-state index contributed by atoms with van der Waals surface area (Å²) in [5.41, 5.74) is 2.24. The third-order valence-corrected chi connectivity index (χ3v) is 0.523. The molecule has 0 atom stereocenters.